The number of hydrogen-bond acceptors (Lipinski definition) is 33. The zero-order chi connectivity index (χ0) is 94.0. The van der Waals surface area contributed by atoms with Crippen LogP contribution in [0.25, 0.3) is 40.9 Å². The van der Waals surface area contributed by atoms with Crippen molar-refractivity contribution in [3.8, 4) is 24.3 Å². The van der Waals surface area contributed by atoms with Crippen LogP contribution in [0.4, 0.5) is 40.8 Å². The number of rotatable bonds is 17. The van der Waals surface area contributed by atoms with Gasteiger partial charge in [-0.1, -0.05) is 128 Å². The molecule has 4 amide bonds. The maximum atomic E-state index is 15.2. The van der Waals surface area contributed by atoms with Crippen LogP contribution in [0.2, 0.25) is 0 Å². The van der Waals surface area contributed by atoms with Crippen molar-refractivity contribution >= 4 is 162 Å². The van der Waals surface area contributed by atoms with E-state index in [-0.39, 0.29) is 41.4 Å². The van der Waals surface area contributed by atoms with Gasteiger partial charge in [0.15, 0.2) is 41.2 Å². The van der Waals surface area contributed by atoms with E-state index in [0.717, 1.165) is 20.3 Å². The molecule has 17 rings (SSSR count). The van der Waals surface area contributed by atoms with Crippen molar-refractivity contribution < 1.29 is 92.5 Å². The number of carbonyl (C=O) groups is 4. The van der Waals surface area contributed by atoms with Crippen molar-refractivity contribution in [2.75, 3.05) is 59.7 Å². The Kier molecular flexibility index (Phi) is 36.5. The van der Waals surface area contributed by atoms with Gasteiger partial charge in [0.2, 0.25) is 11.2 Å². The minimum absolute atomic E-state index is 0. The molecule has 16 atom stereocenters. The first kappa shape index (κ1) is 101. The maximum Gasteiger partial charge on any atom is 0.256 e. The lowest BCUT2D eigenvalue weighted by Gasteiger charge is -2.26. The molecule has 130 heavy (non-hydrogen) atoms. The lowest BCUT2D eigenvalue weighted by molar-refractivity contribution is -0.0731. The molecule has 33 nitrogen and oxygen atoms in total. The first-order chi connectivity index (χ1) is 62.8. The number of halogens is 5. The third-order valence-corrected chi connectivity index (χ3v) is 25.6. The number of aliphatic hydroxyl groups excluding tert-OH is 5. The van der Waals surface area contributed by atoms with Gasteiger partial charge in [0.1, 0.15) is 92.0 Å². The zero-order valence-corrected chi connectivity index (χ0v) is 75.9. The molecule has 5 aliphatic rings. The first-order valence-corrected chi connectivity index (χ1v) is 44.7. The van der Waals surface area contributed by atoms with E-state index in [9.17, 15) is 64.2 Å². The van der Waals surface area contributed by atoms with E-state index in [1.165, 1.54) is 96.6 Å². The lowest BCUT2D eigenvalue weighted by Crippen LogP contribution is -2.44. The van der Waals surface area contributed by atoms with E-state index in [1.54, 1.807) is 163 Å². The molecule has 0 radical (unpaired) electrons. The Hall–Kier alpha value is -11.6. The van der Waals surface area contributed by atoms with Crippen LogP contribution < -0.4 is 27.4 Å². The van der Waals surface area contributed by atoms with Gasteiger partial charge in [-0.3, -0.25) is 19.2 Å². The van der Waals surface area contributed by atoms with Gasteiger partial charge in [0.25, 0.3) is 23.6 Å². The SMILES string of the molecule is C1CCOC1.CC#N.CC[C@@]1(/C=N/O)O[C@@H](c2csc3c(NC(=O)c4ccccc4)ncnc23)[C@H](F)[C@@H]1C.CC[C@@]1(C#N)O[C@@H](c2csc3c(NC(=O)c4ccccc4)ncnc23)[C@H](F)[C@@H]1C.CO.N.N#C[C@]1(CO)O[C@@H](c2csc3c(NC(=O)c4ccccc4)ncnc23)[C@H](F)[C@@H]1O.N#C[C@]1(CO)O[C@@H](c2csc3c(NC(=O)c4ccccc4)ncnc23)[C@H](F)[C@@H]1O.[2H]CI. The number of fused-ring (bicyclic) bond motifs is 4. The summed E-state index contributed by atoms with van der Waals surface area (Å²) in [5.74, 6) is -1.12. The van der Waals surface area contributed by atoms with Gasteiger partial charge in [-0.05, 0) is 101 Å². The Bertz CT molecular complexity index is 5630. The van der Waals surface area contributed by atoms with Crippen LogP contribution in [0.15, 0.2) is 173 Å². The molecule has 13 heterocycles. The second-order valence-corrected chi connectivity index (χ2v) is 32.3. The number of nitriles is 4. The molecule has 5 aliphatic heterocycles. The standard InChI is InChI=1S/C21H21FN4O3S.C21H19FN4O2S.2C19H15FN4O4S.C4H8O.C2H3N.CH3I.CH4O.H3N/c1-3-21(10-25-28)12(2)15(22)17(29-21)14-9-30-18-16(14)23-11-24-19(18)26-20(27)13-7-5-4-6-8-13;1-3-21(10-23)12(2)15(22)17(28-21)14-9-29-18-16(14)24-11-25-19(18)26-20(27)13-7-5-4-6-8-13;2*20-12-14(28-19(7-21,8-25)16(12)26)11-6-29-15-13(11)22-9-23-17(15)24-18(27)10-4-2-1-3-5-10;1-2-4-5-3-1;1-2-3;2*1-2;/h4-12,15,17,28H,3H2,1-2H3,(H,23,24,26,27);4-9,11-12,15,17H,3H2,1-2H3,(H,24,25,26,27);2*1-6,9,12,14,16,25-26H,8H2,(H,22,23,24,27);1-4H2;1H3;1H3;2H,1H3;1H3/b25-10+;;;;;;;;/t2*12-,15+,17-,21-;2*12-,14-,16-,19+;;;;;/m0000...../s1/i;;;;;;1D;;. The Morgan fingerprint density at radius 2 is 0.762 bits per heavy atom. The molecule has 0 spiro atoms. The second-order valence-electron chi connectivity index (χ2n) is 28.8. The van der Waals surface area contributed by atoms with Crippen LogP contribution in [-0.2, 0) is 23.7 Å². The fourth-order valence-electron chi connectivity index (χ4n) is 14.5. The number of aromatic nitrogens is 8. The fourth-order valence-corrected chi connectivity index (χ4v) is 18.4. The van der Waals surface area contributed by atoms with Gasteiger partial charge in [-0.25, -0.2) is 57.4 Å². The maximum absolute atomic E-state index is 15.2. The van der Waals surface area contributed by atoms with Crippen LogP contribution in [0.5, 0.6) is 0 Å². The number of ether oxygens (including phenoxy) is 5. The van der Waals surface area contributed by atoms with E-state index in [4.69, 9.17) is 40.6 Å². The summed E-state index contributed by atoms with van der Waals surface area (Å²) in [5, 5.41) is 111. The molecule has 682 valence electrons. The number of benzene rings is 4. The minimum Gasteiger partial charge on any atom is -0.411 e. The topological polar surface area (TPSA) is 530 Å². The molecule has 12 aromatic rings. The van der Waals surface area contributed by atoms with E-state index in [2.05, 4.69) is 72.4 Å². The smallest absolute Gasteiger partial charge is 0.256 e. The van der Waals surface area contributed by atoms with E-state index >= 15 is 8.78 Å². The summed E-state index contributed by atoms with van der Waals surface area (Å²) in [5.41, 5.74) is -0.827. The zero-order valence-electron chi connectivity index (χ0n) is 71.4. The van der Waals surface area contributed by atoms with Crippen molar-refractivity contribution in [2.24, 2.45) is 17.0 Å². The highest BCUT2D eigenvalue weighted by Gasteiger charge is 2.59. The monoisotopic (exact) mass is 1970 g/mol. The van der Waals surface area contributed by atoms with Crippen molar-refractivity contribution in [1.29, 1.82) is 21.0 Å². The summed E-state index contributed by atoms with van der Waals surface area (Å²) in [7, 11) is 1.00. The quantitative estimate of drug-likeness (QED) is 0.0101. The number of thiophene rings is 4. The normalized spacial score (nSPS) is 24.9. The first-order valence-electron chi connectivity index (χ1n) is 40.4. The van der Waals surface area contributed by atoms with Crippen LogP contribution >= 0.6 is 67.9 Å². The number of nitrogens with one attached hydrogen (secondary N) is 4. The van der Waals surface area contributed by atoms with Crippen LogP contribution in [0, 0.1) is 57.2 Å². The molecule has 0 saturated carbocycles. The number of alkyl halides is 5. The van der Waals surface area contributed by atoms with Gasteiger partial charge in [-0.2, -0.15) is 21.0 Å². The third kappa shape index (κ3) is 21.8. The second kappa shape index (κ2) is 47.3. The van der Waals surface area contributed by atoms with Crippen molar-refractivity contribution in [2.45, 2.75) is 144 Å². The summed E-state index contributed by atoms with van der Waals surface area (Å²) in [6, 6.07) is 42.0. The average Bonchev–Trinajstić information content (AvgIpc) is 1.62. The van der Waals surface area contributed by atoms with Gasteiger partial charge in [0, 0.05) is 85.0 Å². The van der Waals surface area contributed by atoms with E-state index in [0.29, 0.717) is 115 Å². The summed E-state index contributed by atoms with van der Waals surface area (Å²) in [6.45, 7) is 8.85. The molecule has 5 fully saturated rings. The number of anilines is 4. The summed E-state index contributed by atoms with van der Waals surface area (Å²) < 4.78 is 96.1. The predicted molar refractivity (Wildman–Crippen MR) is 490 cm³/mol. The Morgan fingerprint density at radius 1 is 0.492 bits per heavy atom. The molecule has 13 N–H and O–H groups in total. The van der Waals surface area contributed by atoms with Crippen LogP contribution in [0.3, 0.4) is 0 Å². The fraction of sp³-hybridized carbons (Fsp3) is 0.352. The van der Waals surface area contributed by atoms with Gasteiger partial charge < -0.3 is 81.8 Å². The van der Waals surface area contributed by atoms with E-state index in [1.807, 2.05) is 48.6 Å². The molecular weight excluding hydrogens is 1880 g/mol. The number of nitrogens with zero attached hydrogens (tertiary/aromatic N) is 13. The molecular formula is C88H91F4IN18O15S4. The molecule has 42 heteroatoms. The number of hydrogen-bond donors (Lipinski definition) is 11. The number of aliphatic hydroxyl groups is 5. The largest absolute Gasteiger partial charge is 0.411 e. The highest BCUT2D eigenvalue weighted by molar-refractivity contribution is 14.1. The summed E-state index contributed by atoms with van der Waals surface area (Å²) >= 11 is 6.93. The van der Waals surface area contributed by atoms with Crippen LogP contribution in [-0.4, -0.2) is 198 Å². The highest BCUT2D eigenvalue weighted by atomic mass is 127. The molecule has 0 bridgehead atoms. The predicted octanol–water partition coefficient (Wildman–Crippen LogP) is 15.3. The van der Waals surface area contributed by atoms with Crippen LogP contribution in [0.1, 0.15) is 150 Å². The minimum atomic E-state index is -2.05. The van der Waals surface area contributed by atoms with Gasteiger partial charge in [0.05, 0.1) is 72.4 Å². The lowest BCUT2D eigenvalue weighted by atomic mass is 9.85. The number of carbonyl (C=O) groups excluding carboxylic acids is 4. The Morgan fingerprint density at radius 3 is 0.992 bits per heavy atom. The van der Waals surface area contributed by atoms with Gasteiger partial charge >= 0.3 is 0 Å². The number of amides is 4. The van der Waals surface area contributed by atoms with Crippen molar-refractivity contribution in [1.82, 2.24) is 46.0 Å². The molecule has 0 aliphatic carbocycles. The molecule has 8 aromatic heterocycles. The van der Waals surface area contributed by atoms with Crippen molar-refractivity contribution in [3.05, 3.63) is 213 Å². The van der Waals surface area contributed by atoms with Crippen molar-refractivity contribution in [3.63, 3.8) is 0 Å². The molecule has 0 unspecified atom stereocenters. The summed E-state index contributed by atoms with van der Waals surface area (Å²) in [6.07, 6.45) is -4.65. The summed E-state index contributed by atoms with van der Waals surface area (Å²) in [4.78, 5) is 83.9. The van der Waals surface area contributed by atoms with Gasteiger partial charge in [-0.15, -0.1) is 45.3 Å². The average molecular weight is 1970 g/mol. The Balaban J connectivity index is 0.000000187. The number of oxime groups is 1. The third-order valence-electron chi connectivity index (χ3n) is 21.6. The van der Waals surface area contributed by atoms with E-state index < -0.39 is 109 Å². The molecule has 5 saturated heterocycles. The Labute approximate surface area is 774 Å². The molecule has 4 aromatic carbocycles. The highest BCUT2D eigenvalue weighted by Crippen LogP contribution is 2.53.